The third-order valence-electron chi connectivity index (χ3n) is 1.94. The molecule has 3 nitrogen and oxygen atoms in total. The van der Waals surface area contributed by atoms with E-state index in [1.165, 1.54) is 12.1 Å². The number of halogens is 4. The number of hydrogen-bond donors (Lipinski definition) is 1. The fourth-order valence-electron chi connectivity index (χ4n) is 1.22. The number of hydrogen-bond acceptors (Lipinski definition) is 2. The summed E-state index contributed by atoms with van der Waals surface area (Å²) in [7, 11) is 0. The Labute approximate surface area is 100 Å². The number of pyridine rings is 1. The second-order valence-electron chi connectivity index (χ2n) is 3.05. The van der Waals surface area contributed by atoms with E-state index in [1.807, 2.05) is 0 Å². The molecule has 1 atom stereocenters. The Balaban J connectivity index is 3.05. The zero-order valence-corrected chi connectivity index (χ0v) is 9.34. The number of carboxylic acid groups (broad SMARTS) is 1. The van der Waals surface area contributed by atoms with E-state index >= 15 is 0 Å². The average Bonchev–Trinajstić information content (AvgIpc) is 2.14. The Morgan fingerprint density at radius 1 is 1.44 bits per heavy atom. The van der Waals surface area contributed by atoms with E-state index in [9.17, 15) is 13.6 Å². The van der Waals surface area contributed by atoms with Gasteiger partial charge in [0, 0.05) is 0 Å². The van der Waals surface area contributed by atoms with E-state index in [2.05, 4.69) is 4.98 Å². The average molecular weight is 270 g/mol. The maximum Gasteiger partial charge on any atom is 0.304 e. The summed E-state index contributed by atoms with van der Waals surface area (Å²) in [5.41, 5.74) is -0.0107. The monoisotopic (exact) mass is 269 g/mol. The molecule has 16 heavy (non-hydrogen) atoms. The molecule has 1 N–H and O–H groups in total. The number of aromatic nitrogens is 1. The van der Waals surface area contributed by atoms with Crippen molar-refractivity contribution in [2.45, 2.75) is 18.8 Å². The zero-order chi connectivity index (χ0) is 12.3. The van der Waals surface area contributed by atoms with Gasteiger partial charge in [-0.15, -0.1) is 0 Å². The van der Waals surface area contributed by atoms with Crippen LogP contribution in [0.5, 0.6) is 0 Å². The molecule has 0 aliphatic heterocycles. The molecule has 0 amide bonds. The Hall–Kier alpha value is -0.940. The molecule has 1 aromatic rings. The van der Waals surface area contributed by atoms with Gasteiger partial charge in [0.1, 0.15) is 10.3 Å². The molecular formula is C9H7Cl2F2NO2. The summed E-state index contributed by atoms with van der Waals surface area (Å²) in [5, 5.41) is 8.39. The summed E-state index contributed by atoms with van der Waals surface area (Å²) >= 11 is 11.1. The predicted molar refractivity (Wildman–Crippen MR) is 55.3 cm³/mol. The summed E-state index contributed by atoms with van der Waals surface area (Å²) < 4.78 is 25.3. The third-order valence-corrected chi connectivity index (χ3v) is 2.46. The van der Waals surface area contributed by atoms with E-state index in [4.69, 9.17) is 28.3 Å². The summed E-state index contributed by atoms with van der Waals surface area (Å²) in [4.78, 5) is 14.0. The van der Waals surface area contributed by atoms with Crippen LogP contribution in [0.3, 0.4) is 0 Å². The van der Waals surface area contributed by atoms with Gasteiger partial charge in [-0.25, -0.2) is 13.8 Å². The molecule has 0 spiro atoms. The van der Waals surface area contributed by atoms with Crippen molar-refractivity contribution in [2.75, 3.05) is 0 Å². The lowest BCUT2D eigenvalue weighted by Gasteiger charge is -2.15. The van der Waals surface area contributed by atoms with Crippen LogP contribution in [0.15, 0.2) is 12.1 Å². The van der Waals surface area contributed by atoms with Gasteiger partial charge in [0.2, 0.25) is 6.43 Å². The molecule has 88 valence electrons. The van der Waals surface area contributed by atoms with E-state index in [1.54, 1.807) is 0 Å². The van der Waals surface area contributed by atoms with E-state index in [0.29, 0.717) is 0 Å². The van der Waals surface area contributed by atoms with Crippen molar-refractivity contribution >= 4 is 29.2 Å². The number of alkyl halides is 2. The SMILES string of the molecule is O=C(O)CC(c1ccc(Cl)nc1Cl)C(F)F. The fourth-order valence-corrected chi connectivity index (χ4v) is 1.71. The Bertz CT molecular complexity index is 401. The smallest absolute Gasteiger partial charge is 0.304 e. The van der Waals surface area contributed by atoms with Crippen LogP contribution in [-0.2, 0) is 4.79 Å². The molecule has 1 rings (SSSR count). The minimum atomic E-state index is -2.82. The number of carboxylic acids is 1. The van der Waals surface area contributed by atoms with Crippen LogP contribution in [-0.4, -0.2) is 22.5 Å². The Kier molecular flexibility index (Phi) is 4.44. The third kappa shape index (κ3) is 3.28. The minimum absolute atomic E-state index is 0.0107. The lowest BCUT2D eigenvalue weighted by molar-refractivity contribution is -0.138. The van der Waals surface area contributed by atoms with E-state index < -0.39 is 24.7 Å². The maximum atomic E-state index is 12.6. The van der Waals surface area contributed by atoms with Crippen LogP contribution in [0.2, 0.25) is 10.3 Å². The molecular weight excluding hydrogens is 263 g/mol. The van der Waals surface area contributed by atoms with Crippen LogP contribution in [0.1, 0.15) is 17.9 Å². The van der Waals surface area contributed by atoms with Crippen molar-refractivity contribution < 1.29 is 18.7 Å². The van der Waals surface area contributed by atoms with Crippen molar-refractivity contribution in [3.05, 3.63) is 28.0 Å². The highest BCUT2D eigenvalue weighted by atomic mass is 35.5. The zero-order valence-electron chi connectivity index (χ0n) is 7.83. The largest absolute Gasteiger partial charge is 0.481 e. The molecule has 0 fully saturated rings. The first kappa shape index (κ1) is 13.1. The summed E-state index contributed by atoms with van der Waals surface area (Å²) in [6, 6.07) is 2.55. The molecule has 0 radical (unpaired) electrons. The highest BCUT2D eigenvalue weighted by molar-refractivity contribution is 6.32. The second kappa shape index (κ2) is 5.41. The van der Waals surface area contributed by atoms with Crippen LogP contribution in [0.25, 0.3) is 0 Å². The lowest BCUT2D eigenvalue weighted by atomic mass is 9.98. The number of rotatable bonds is 4. The molecule has 0 bridgehead atoms. The maximum absolute atomic E-state index is 12.6. The number of carbonyl (C=O) groups is 1. The predicted octanol–water partition coefficient (Wildman–Crippen LogP) is 3.21. The van der Waals surface area contributed by atoms with Gasteiger partial charge < -0.3 is 5.11 Å². The first-order valence-electron chi connectivity index (χ1n) is 4.23. The van der Waals surface area contributed by atoms with Gasteiger partial charge >= 0.3 is 5.97 Å². The molecule has 0 aliphatic carbocycles. The van der Waals surface area contributed by atoms with Crippen molar-refractivity contribution in [3.63, 3.8) is 0 Å². The van der Waals surface area contributed by atoms with Crippen LogP contribution >= 0.6 is 23.2 Å². The first-order chi connectivity index (χ1) is 7.41. The lowest BCUT2D eigenvalue weighted by Crippen LogP contribution is -2.15. The normalized spacial score (nSPS) is 12.8. The molecule has 0 aromatic carbocycles. The molecule has 7 heteroatoms. The molecule has 1 heterocycles. The second-order valence-corrected chi connectivity index (χ2v) is 3.80. The van der Waals surface area contributed by atoms with E-state index in [0.717, 1.165) is 0 Å². The first-order valence-corrected chi connectivity index (χ1v) is 4.99. The van der Waals surface area contributed by atoms with Crippen molar-refractivity contribution in [1.82, 2.24) is 4.98 Å². The highest BCUT2D eigenvalue weighted by Crippen LogP contribution is 2.31. The van der Waals surface area contributed by atoms with Gasteiger partial charge in [-0.3, -0.25) is 4.79 Å². The standard InChI is InChI=1S/C9H7Cl2F2NO2/c10-6-2-1-4(8(11)14-6)5(9(12)13)3-7(15)16/h1-2,5,9H,3H2,(H,15,16). The molecule has 0 saturated heterocycles. The quantitative estimate of drug-likeness (QED) is 0.854. The molecule has 1 aromatic heterocycles. The van der Waals surface area contributed by atoms with Gasteiger partial charge in [-0.2, -0.15) is 0 Å². The number of aliphatic carboxylic acids is 1. The van der Waals surface area contributed by atoms with Crippen LogP contribution in [0.4, 0.5) is 8.78 Å². The Morgan fingerprint density at radius 3 is 2.50 bits per heavy atom. The van der Waals surface area contributed by atoms with Gasteiger partial charge in [-0.1, -0.05) is 29.3 Å². The van der Waals surface area contributed by atoms with Crippen molar-refractivity contribution in [2.24, 2.45) is 0 Å². The summed E-state index contributed by atoms with van der Waals surface area (Å²) in [5.74, 6) is -2.80. The summed E-state index contributed by atoms with van der Waals surface area (Å²) in [6.45, 7) is 0. The minimum Gasteiger partial charge on any atom is -0.481 e. The van der Waals surface area contributed by atoms with Crippen molar-refractivity contribution in [3.8, 4) is 0 Å². The van der Waals surface area contributed by atoms with Crippen LogP contribution in [0, 0.1) is 0 Å². The van der Waals surface area contributed by atoms with Crippen molar-refractivity contribution in [1.29, 1.82) is 0 Å². The Morgan fingerprint density at radius 2 is 2.06 bits per heavy atom. The van der Waals surface area contributed by atoms with Gasteiger partial charge in [0.15, 0.2) is 0 Å². The molecule has 0 aliphatic rings. The molecule has 0 saturated carbocycles. The van der Waals surface area contributed by atoms with E-state index in [-0.39, 0.29) is 15.9 Å². The fraction of sp³-hybridized carbons (Fsp3) is 0.333. The molecule has 1 unspecified atom stereocenters. The topological polar surface area (TPSA) is 50.2 Å². The van der Waals surface area contributed by atoms with Gasteiger partial charge in [-0.05, 0) is 11.6 Å². The summed E-state index contributed by atoms with van der Waals surface area (Å²) in [6.07, 6.45) is -3.53. The van der Waals surface area contributed by atoms with Gasteiger partial charge in [0.25, 0.3) is 0 Å². The number of nitrogens with zero attached hydrogens (tertiary/aromatic N) is 1. The highest BCUT2D eigenvalue weighted by Gasteiger charge is 2.27. The van der Waals surface area contributed by atoms with Crippen LogP contribution < -0.4 is 0 Å². The van der Waals surface area contributed by atoms with Gasteiger partial charge in [0.05, 0.1) is 12.3 Å².